The zero-order valence-corrected chi connectivity index (χ0v) is 17.2. The van der Waals surface area contributed by atoms with Crippen molar-refractivity contribution in [1.29, 1.82) is 0 Å². The second-order valence-electron chi connectivity index (χ2n) is 7.95. The standard InChI is InChI=1S/C23H26ClN3O2/c24-21-7-6-20(16-25-21)23(29)27-14-10-19(11-15-27)22(28)26-12-8-18(9-13-26)17-4-2-1-3-5-17/h1-7,16,18-19H,8-15H2. The molecule has 1 aromatic heterocycles. The molecule has 2 aromatic rings. The maximum absolute atomic E-state index is 13.0. The van der Waals surface area contributed by atoms with Crippen LogP contribution in [0.15, 0.2) is 48.7 Å². The van der Waals surface area contributed by atoms with Crippen LogP contribution in [-0.2, 0) is 4.79 Å². The van der Waals surface area contributed by atoms with Crippen molar-refractivity contribution >= 4 is 23.4 Å². The van der Waals surface area contributed by atoms with Crippen LogP contribution in [0.25, 0.3) is 0 Å². The molecule has 5 nitrogen and oxygen atoms in total. The van der Waals surface area contributed by atoms with Gasteiger partial charge in [-0.1, -0.05) is 41.9 Å². The summed E-state index contributed by atoms with van der Waals surface area (Å²) in [5.74, 6) is 0.795. The fraction of sp³-hybridized carbons (Fsp3) is 0.435. The highest BCUT2D eigenvalue weighted by molar-refractivity contribution is 6.29. The number of amides is 2. The van der Waals surface area contributed by atoms with Crippen LogP contribution in [0.3, 0.4) is 0 Å². The van der Waals surface area contributed by atoms with E-state index in [1.165, 1.54) is 11.8 Å². The molecule has 0 saturated carbocycles. The van der Waals surface area contributed by atoms with Crippen molar-refractivity contribution in [2.24, 2.45) is 5.92 Å². The molecule has 2 fully saturated rings. The van der Waals surface area contributed by atoms with E-state index in [4.69, 9.17) is 11.6 Å². The molecule has 2 aliphatic heterocycles. The number of carbonyl (C=O) groups excluding carboxylic acids is 2. The van der Waals surface area contributed by atoms with Crippen LogP contribution in [0, 0.1) is 5.92 Å². The zero-order chi connectivity index (χ0) is 20.2. The number of carbonyl (C=O) groups is 2. The molecule has 0 atom stereocenters. The van der Waals surface area contributed by atoms with Crippen LogP contribution >= 0.6 is 11.6 Å². The van der Waals surface area contributed by atoms with E-state index in [0.717, 1.165) is 38.8 Å². The smallest absolute Gasteiger partial charge is 0.255 e. The van der Waals surface area contributed by atoms with Crippen LogP contribution in [-0.4, -0.2) is 52.8 Å². The monoisotopic (exact) mass is 411 g/mol. The average molecular weight is 412 g/mol. The van der Waals surface area contributed by atoms with Gasteiger partial charge in [0.2, 0.25) is 5.91 Å². The highest BCUT2D eigenvalue weighted by atomic mass is 35.5. The van der Waals surface area contributed by atoms with E-state index in [1.807, 2.05) is 15.9 Å². The third-order valence-electron chi connectivity index (χ3n) is 6.18. The van der Waals surface area contributed by atoms with Gasteiger partial charge < -0.3 is 9.80 Å². The number of aromatic nitrogens is 1. The summed E-state index contributed by atoms with van der Waals surface area (Å²) in [5, 5.41) is 0.377. The van der Waals surface area contributed by atoms with Crippen molar-refractivity contribution < 1.29 is 9.59 Å². The lowest BCUT2D eigenvalue weighted by molar-refractivity contribution is -0.138. The van der Waals surface area contributed by atoms with Gasteiger partial charge in [-0.2, -0.15) is 0 Å². The molecule has 152 valence electrons. The number of nitrogens with zero attached hydrogens (tertiary/aromatic N) is 3. The fourth-order valence-electron chi connectivity index (χ4n) is 4.43. The Morgan fingerprint density at radius 2 is 1.52 bits per heavy atom. The Morgan fingerprint density at radius 1 is 0.862 bits per heavy atom. The number of likely N-dealkylation sites (tertiary alicyclic amines) is 2. The van der Waals surface area contributed by atoms with E-state index >= 15 is 0 Å². The molecular weight excluding hydrogens is 386 g/mol. The van der Waals surface area contributed by atoms with Crippen LogP contribution in [0.5, 0.6) is 0 Å². The maximum Gasteiger partial charge on any atom is 0.255 e. The number of piperidine rings is 2. The summed E-state index contributed by atoms with van der Waals surface area (Å²) in [6.07, 6.45) is 5.01. The Hall–Kier alpha value is -2.40. The van der Waals surface area contributed by atoms with Crippen molar-refractivity contribution in [3.05, 3.63) is 64.9 Å². The van der Waals surface area contributed by atoms with E-state index in [1.54, 1.807) is 12.1 Å². The largest absolute Gasteiger partial charge is 0.342 e. The number of hydrogen-bond donors (Lipinski definition) is 0. The van der Waals surface area contributed by atoms with Gasteiger partial charge in [0.25, 0.3) is 5.91 Å². The highest BCUT2D eigenvalue weighted by Gasteiger charge is 2.32. The van der Waals surface area contributed by atoms with Crippen molar-refractivity contribution in [3.63, 3.8) is 0 Å². The van der Waals surface area contributed by atoms with Crippen molar-refractivity contribution in [2.45, 2.75) is 31.6 Å². The van der Waals surface area contributed by atoms with Gasteiger partial charge >= 0.3 is 0 Å². The molecule has 1 aromatic carbocycles. The normalized spacial score (nSPS) is 18.7. The van der Waals surface area contributed by atoms with Gasteiger partial charge in [-0.3, -0.25) is 9.59 Å². The average Bonchev–Trinajstić information content (AvgIpc) is 2.79. The predicted molar refractivity (Wildman–Crippen MR) is 113 cm³/mol. The summed E-state index contributed by atoms with van der Waals surface area (Å²) < 4.78 is 0. The van der Waals surface area contributed by atoms with Crippen molar-refractivity contribution in [2.75, 3.05) is 26.2 Å². The Kier molecular flexibility index (Phi) is 6.14. The van der Waals surface area contributed by atoms with Crippen LogP contribution in [0.1, 0.15) is 47.5 Å². The molecular formula is C23H26ClN3O2. The Balaban J connectivity index is 1.27. The van der Waals surface area contributed by atoms with Gasteiger partial charge in [0.1, 0.15) is 5.15 Å². The first-order chi connectivity index (χ1) is 14.1. The molecule has 6 heteroatoms. The zero-order valence-electron chi connectivity index (χ0n) is 16.5. The molecule has 0 unspecified atom stereocenters. The number of rotatable bonds is 3. The summed E-state index contributed by atoms with van der Waals surface area (Å²) in [6.45, 7) is 2.87. The van der Waals surface area contributed by atoms with Crippen molar-refractivity contribution in [1.82, 2.24) is 14.8 Å². The van der Waals surface area contributed by atoms with Crippen LogP contribution < -0.4 is 0 Å². The lowest BCUT2D eigenvalue weighted by atomic mass is 9.88. The molecule has 0 N–H and O–H groups in total. The minimum absolute atomic E-state index is 0.0238. The quantitative estimate of drug-likeness (QED) is 0.717. The highest BCUT2D eigenvalue weighted by Crippen LogP contribution is 2.30. The molecule has 0 bridgehead atoms. The fourth-order valence-corrected chi connectivity index (χ4v) is 4.54. The summed E-state index contributed by atoms with van der Waals surface area (Å²) in [7, 11) is 0. The third kappa shape index (κ3) is 4.61. The molecule has 0 spiro atoms. The topological polar surface area (TPSA) is 53.5 Å². The first kappa shape index (κ1) is 19.9. The van der Waals surface area contributed by atoms with Gasteiger partial charge in [-0.25, -0.2) is 4.98 Å². The predicted octanol–water partition coefficient (Wildman–Crippen LogP) is 3.99. The summed E-state index contributed by atoms with van der Waals surface area (Å²) in [4.78, 5) is 33.4. The molecule has 4 rings (SSSR count). The lowest BCUT2D eigenvalue weighted by Gasteiger charge is -2.37. The first-order valence-corrected chi connectivity index (χ1v) is 10.7. The molecule has 2 saturated heterocycles. The Labute approximate surface area is 176 Å². The second kappa shape index (κ2) is 8.95. The molecule has 2 amide bonds. The maximum atomic E-state index is 13.0. The van der Waals surface area contributed by atoms with Gasteiger partial charge in [0.15, 0.2) is 0 Å². The molecule has 0 aliphatic carbocycles. The lowest BCUT2D eigenvalue weighted by Crippen LogP contribution is -2.46. The Bertz CT molecular complexity index is 840. The minimum Gasteiger partial charge on any atom is -0.342 e. The molecule has 2 aliphatic rings. The van der Waals surface area contributed by atoms with Crippen LogP contribution in [0.4, 0.5) is 0 Å². The number of benzene rings is 1. The number of hydrogen-bond acceptors (Lipinski definition) is 3. The number of pyridine rings is 1. The SMILES string of the molecule is O=C(c1ccc(Cl)nc1)N1CCC(C(=O)N2CCC(c3ccccc3)CC2)CC1. The van der Waals surface area contributed by atoms with E-state index in [2.05, 4.69) is 29.2 Å². The van der Waals surface area contributed by atoms with Crippen LogP contribution in [0.2, 0.25) is 5.15 Å². The number of halogens is 1. The van der Waals surface area contributed by atoms with E-state index in [9.17, 15) is 9.59 Å². The summed E-state index contributed by atoms with van der Waals surface area (Å²) >= 11 is 5.80. The minimum atomic E-state index is -0.0382. The molecule has 29 heavy (non-hydrogen) atoms. The van der Waals surface area contributed by atoms with Crippen molar-refractivity contribution in [3.8, 4) is 0 Å². The van der Waals surface area contributed by atoms with E-state index in [0.29, 0.717) is 29.7 Å². The van der Waals surface area contributed by atoms with E-state index in [-0.39, 0.29) is 17.7 Å². The first-order valence-electron chi connectivity index (χ1n) is 10.4. The Morgan fingerprint density at radius 3 is 2.14 bits per heavy atom. The third-order valence-corrected chi connectivity index (χ3v) is 6.41. The van der Waals surface area contributed by atoms with Gasteiger partial charge in [-0.15, -0.1) is 0 Å². The molecule has 0 radical (unpaired) electrons. The van der Waals surface area contributed by atoms with Gasteiger partial charge in [-0.05, 0) is 49.3 Å². The summed E-state index contributed by atoms with van der Waals surface area (Å²) in [5.41, 5.74) is 1.92. The van der Waals surface area contributed by atoms with Gasteiger partial charge in [0.05, 0.1) is 5.56 Å². The van der Waals surface area contributed by atoms with Gasteiger partial charge in [0, 0.05) is 38.3 Å². The summed E-state index contributed by atoms with van der Waals surface area (Å²) in [6, 6.07) is 13.9. The van der Waals surface area contributed by atoms with E-state index < -0.39 is 0 Å². The second-order valence-corrected chi connectivity index (χ2v) is 8.33. The molecule has 3 heterocycles.